The average molecular weight is 245 g/mol. The third-order valence-corrected chi connectivity index (χ3v) is 3.44. The van der Waals surface area contributed by atoms with Crippen LogP contribution in [0.25, 0.3) is 0 Å². The maximum Gasteiger partial charge on any atom is 0.129 e. The predicted molar refractivity (Wildman–Crippen MR) is 64.7 cm³/mol. The lowest BCUT2D eigenvalue weighted by Crippen LogP contribution is -2.20. The molecule has 0 saturated heterocycles. The number of hydrogen-bond donors (Lipinski definition) is 1. The summed E-state index contributed by atoms with van der Waals surface area (Å²) in [5, 5.41) is 3.19. The second-order valence-electron chi connectivity index (χ2n) is 3.41. The van der Waals surface area contributed by atoms with E-state index in [2.05, 4.69) is 5.32 Å². The first-order valence-electron chi connectivity index (χ1n) is 5.38. The second-order valence-corrected chi connectivity index (χ2v) is 5.28. The molecule has 1 heterocycles. The van der Waals surface area contributed by atoms with Crippen LogP contribution in [0.3, 0.4) is 0 Å². The average Bonchev–Trinajstić information content (AvgIpc) is 2.72. The standard InChI is InChI=1S/C11H19NO3S/c1-3-16(13)7-6-12-8-10-4-5-11(15-10)9-14-2/h4-5,12H,3,6-9H2,1-2H3. The first kappa shape index (κ1) is 13.4. The Morgan fingerprint density at radius 3 is 2.88 bits per heavy atom. The predicted octanol–water partition coefficient (Wildman–Crippen LogP) is 1.28. The number of methoxy groups -OCH3 is 1. The van der Waals surface area contributed by atoms with Crippen LogP contribution >= 0.6 is 0 Å². The summed E-state index contributed by atoms with van der Waals surface area (Å²) in [5.41, 5.74) is 0. The summed E-state index contributed by atoms with van der Waals surface area (Å²) < 4.78 is 21.6. The number of furan rings is 1. The molecule has 1 rings (SSSR count). The SMILES string of the molecule is CCS(=O)CCNCc1ccc(COC)o1. The molecular weight excluding hydrogens is 226 g/mol. The van der Waals surface area contributed by atoms with Gasteiger partial charge in [-0.05, 0) is 12.1 Å². The Kier molecular flexibility index (Phi) is 6.37. The maximum atomic E-state index is 11.1. The largest absolute Gasteiger partial charge is 0.462 e. The normalized spacial score (nSPS) is 12.9. The quantitative estimate of drug-likeness (QED) is 0.701. The van der Waals surface area contributed by atoms with Gasteiger partial charge in [0, 0.05) is 36.0 Å². The van der Waals surface area contributed by atoms with Gasteiger partial charge in [-0.1, -0.05) is 6.92 Å². The van der Waals surface area contributed by atoms with Crippen molar-refractivity contribution in [3.05, 3.63) is 23.7 Å². The van der Waals surface area contributed by atoms with Gasteiger partial charge < -0.3 is 14.5 Å². The van der Waals surface area contributed by atoms with E-state index in [1.54, 1.807) is 7.11 Å². The zero-order valence-corrected chi connectivity index (χ0v) is 10.6. The molecule has 0 amide bonds. The number of nitrogens with one attached hydrogen (secondary N) is 1. The molecule has 0 aliphatic carbocycles. The van der Waals surface area contributed by atoms with Crippen molar-refractivity contribution < 1.29 is 13.4 Å². The second kappa shape index (κ2) is 7.60. The van der Waals surface area contributed by atoms with E-state index >= 15 is 0 Å². The lowest BCUT2D eigenvalue weighted by atomic mass is 10.4. The van der Waals surface area contributed by atoms with Gasteiger partial charge in [0.25, 0.3) is 0 Å². The third-order valence-electron chi connectivity index (χ3n) is 2.13. The molecule has 5 heteroatoms. The van der Waals surface area contributed by atoms with Gasteiger partial charge in [-0.25, -0.2) is 0 Å². The van der Waals surface area contributed by atoms with E-state index in [9.17, 15) is 4.21 Å². The molecule has 92 valence electrons. The van der Waals surface area contributed by atoms with Crippen LogP contribution in [0.5, 0.6) is 0 Å². The first-order valence-corrected chi connectivity index (χ1v) is 6.87. The smallest absolute Gasteiger partial charge is 0.129 e. The van der Waals surface area contributed by atoms with Crippen LogP contribution < -0.4 is 5.32 Å². The minimum absolute atomic E-state index is 0.500. The highest BCUT2D eigenvalue weighted by Gasteiger charge is 2.01. The van der Waals surface area contributed by atoms with E-state index in [-0.39, 0.29) is 0 Å². The van der Waals surface area contributed by atoms with Crippen LogP contribution in [0.4, 0.5) is 0 Å². The summed E-state index contributed by atoms with van der Waals surface area (Å²) in [7, 11) is 0.944. The Morgan fingerprint density at radius 2 is 2.19 bits per heavy atom. The molecule has 4 nitrogen and oxygen atoms in total. The Bertz CT molecular complexity index is 325. The van der Waals surface area contributed by atoms with E-state index < -0.39 is 10.8 Å². The van der Waals surface area contributed by atoms with E-state index in [0.717, 1.165) is 23.8 Å². The fourth-order valence-electron chi connectivity index (χ4n) is 1.28. The molecule has 0 saturated carbocycles. The molecule has 1 atom stereocenters. The lowest BCUT2D eigenvalue weighted by Gasteiger charge is -2.01. The van der Waals surface area contributed by atoms with Gasteiger partial charge in [-0.3, -0.25) is 4.21 Å². The summed E-state index contributed by atoms with van der Waals surface area (Å²) in [5.74, 6) is 3.13. The van der Waals surface area contributed by atoms with E-state index in [4.69, 9.17) is 9.15 Å². The molecule has 0 bridgehead atoms. The monoisotopic (exact) mass is 245 g/mol. The minimum atomic E-state index is -0.696. The molecule has 0 aliphatic rings. The molecule has 1 aromatic heterocycles. The highest BCUT2D eigenvalue weighted by molar-refractivity contribution is 7.84. The number of hydrogen-bond acceptors (Lipinski definition) is 4. The van der Waals surface area contributed by atoms with Crippen LogP contribution in [0.15, 0.2) is 16.5 Å². The van der Waals surface area contributed by atoms with Crippen LogP contribution in [-0.4, -0.2) is 29.4 Å². The van der Waals surface area contributed by atoms with Gasteiger partial charge in [0.15, 0.2) is 0 Å². The molecule has 1 unspecified atom stereocenters. The minimum Gasteiger partial charge on any atom is -0.462 e. The van der Waals surface area contributed by atoms with E-state index in [1.807, 2.05) is 19.1 Å². The van der Waals surface area contributed by atoms with Crippen molar-refractivity contribution in [2.75, 3.05) is 25.2 Å². The zero-order chi connectivity index (χ0) is 11.8. The van der Waals surface area contributed by atoms with Gasteiger partial charge in [-0.15, -0.1) is 0 Å². The highest BCUT2D eigenvalue weighted by atomic mass is 32.2. The number of rotatable bonds is 8. The maximum absolute atomic E-state index is 11.1. The van der Waals surface area contributed by atoms with Gasteiger partial charge >= 0.3 is 0 Å². The fourth-order valence-corrected chi connectivity index (χ4v) is 1.94. The van der Waals surface area contributed by atoms with Gasteiger partial charge in [0.1, 0.15) is 18.1 Å². The molecule has 0 aromatic carbocycles. The Labute approximate surface area is 98.8 Å². The van der Waals surface area contributed by atoms with Crippen molar-refractivity contribution in [3.63, 3.8) is 0 Å². The molecule has 16 heavy (non-hydrogen) atoms. The van der Waals surface area contributed by atoms with Gasteiger partial charge in [0.05, 0.1) is 6.54 Å². The molecule has 0 spiro atoms. The Hall–Kier alpha value is -0.650. The van der Waals surface area contributed by atoms with Crippen molar-refractivity contribution in [1.29, 1.82) is 0 Å². The van der Waals surface area contributed by atoms with Crippen LogP contribution in [0, 0.1) is 0 Å². The summed E-state index contributed by atoms with van der Waals surface area (Å²) in [6, 6.07) is 3.84. The van der Waals surface area contributed by atoms with Crippen molar-refractivity contribution >= 4 is 10.8 Å². The Morgan fingerprint density at radius 1 is 1.44 bits per heavy atom. The van der Waals surface area contributed by atoms with Crippen LogP contribution in [0.1, 0.15) is 18.4 Å². The van der Waals surface area contributed by atoms with Crippen molar-refractivity contribution in [2.45, 2.75) is 20.1 Å². The highest BCUT2D eigenvalue weighted by Crippen LogP contribution is 2.08. The molecular formula is C11H19NO3S. The summed E-state index contributed by atoms with van der Waals surface area (Å²) in [6.45, 7) is 3.85. The molecule has 0 radical (unpaired) electrons. The molecule has 1 aromatic rings. The first-order chi connectivity index (χ1) is 7.76. The summed E-state index contributed by atoms with van der Waals surface area (Å²) >= 11 is 0. The van der Waals surface area contributed by atoms with Crippen LogP contribution in [-0.2, 0) is 28.7 Å². The summed E-state index contributed by atoms with van der Waals surface area (Å²) in [4.78, 5) is 0. The molecule has 0 fully saturated rings. The van der Waals surface area contributed by atoms with E-state index in [1.165, 1.54) is 0 Å². The molecule has 0 aliphatic heterocycles. The number of ether oxygens (including phenoxy) is 1. The zero-order valence-electron chi connectivity index (χ0n) is 9.82. The van der Waals surface area contributed by atoms with Gasteiger partial charge in [0.2, 0.25) is 0 Å². The third kappa shape index (κ3) is 4.92. The topological polar surface area (TPSA) is 51.5 Å². The van der Waals surface area contributed by atoms with Crippen molar-refractivity contribution in [3.8, 4) is 0 Å². The fraction of sp³-hybridized carbons (Fsp3) is 0.636. The van der Waals surface area contributed by atoms with Crippen molar-refractivity contribution in [1.82, 2.24) is 5.32 Å². The van der Waals surface area contributed by atoms with Crippen LogP contribution in [0.2, 0.25) is 0 Å². The molecule has 1 N–H and O–H groups in total. The summed E-state index contributed by atoms with van der Waals surface area (Å²) in [6.07, 6.45) is 0. The van der Waals surface area contributed by atoms with Crippen molar-refractivity contribution in [2.24, 2.45) is 0 Å². The Balaban J connectivity index is 2.19. The lowest BCUT2D eigenvalue weighted by molar-refractivity contribution is 0.162. The van der Waals surface area contributed by atoms with E-state index in [0.29, 0.717) is 18.9 Å². The van der Waals surface area contributed by atoms with Gasteiger partial charge in [-0.2, -0.15) is 0 Å².